The molecule has 2 aliphatic carbocycles. The number of halogens is 1. The number of rotatable bonds is 3. The van der Waals surface area contributed by atoms with Gasteiger partial charge in [0, 0.05) is 31.2 Å². The highest BCUT2D eigenvalue weighted by molar-refractivity contribution is 5.96. The van der Waals surface area contributed by atoms with Gasteiger partial charge < -0.3 is 15.4 Å². The normalized spacial score (nSPS) is 27.4. The van der Waals surface area contributed by atoms with Crippen LogP contribution >= 0.6 is 0 Å². The van der Waals surface area contributed by atoms with E-state index >= 15 is 4.39 Å². The third kappa shape index (κ3) is 2.42. The molecule has 5 rings (SSSR count). The lowest BCUT2D eigenvalue weighted by Crippen LogP contribution is -2.33. The molecule has 1 saturated heterocycles. The molecule has 2 saturated carbocycles. The van der Waals surface area contributed by atoms with Crippen molar-refractivity contribution in [1.29, 1.82) is 0 Å². The number of H-pyrrole nitrogens is 1. The smallest absolute Gasteiger partial charge is 0.329 e. The third-order valence-electron chi connectivity index (χ3n) is 6.46. The van der Waals surface area contributed by atoms with E-state index in [1.807, 2.05) is 4.90 Å². The van der Waals surface area contributed by atoms with E-state index in [0.717, 1.165) is 25.7 Å². The monoisotopic (exact) mass is 374 g/mol. The van der Waals surface area contributed by atoms with Crippen molar-refractivity contribution in [3.63, 3.8) is 0 Å². The Balaban J connectivity index is 1.76. The van der Waals surface area contributed by atoms with E-state index in [1.165, 1.54) is 13.2 Å². The maximum atomic E-state index is 15.1. The number of nitrogens with one attached hydrogen (secondary N) is 1. The first kappa shape index (κ1) is 16.8. The van der Waals surface area contributed by atoms with Crippen LogP contribution in [0.4, 0.5) is 10.1 Å². The average molecular weight is 374 g/mol. The Morgan fingerprint density at radius 3 is 2.67 bits per heavy atom. The summed E-state index contributed by atoms with van der Waals surface area (Å²) in [6, 6.07) is 1.44. The van der Waals surface area contributed by atoms with Gasteiger partial charge in [0.1, 0.15) is 11.3 Å². The highest BCUT2D eigenvalue weighted by atomic mass is 19.1. The first-order valence-corrected chi connectivity index (χ1v) is 9.55. The molecule has 0 bridgehead atoms. The highest BCUT2D eigenvalue weighted by Crippen LogP contribution is 2.44. The molecule has 3 atom stereocenters. The third-order valence-corrected chi connectivity index (χ3v) is 6.46. The van der Waals surface area contributed by atoms with E-state index in [2.05, 4.69) is 4.98 Å². The van der Waals surface area contributed by atoms with Gasteiger partial charge in [-0.15, -0.1) is 0 Å². The molecule has 0 spiro atoms. The largest absolute Gasteiger partial charge is 0.494 e. The second kappa shape index (κ2) is 5.82. The Kier molecular flexibility index (Phi) is 3.62. The number of methoxy groups -OCH3 is 1. The molecule has 1 aliphatic heterocycles. The lowest BCUT2D eigenvalue weighted by atomic mass is 9.98. The molecule has 7 nitrogen and oxygen atoms in total. The van der Waals surface area contributed by atoms with Crippen LogP contribution in [0.3, 0.4) is 0 Å². The fourth-order valence-corrected chi connectivity index (χ4v) is 5.02. The zero-order chi connectivity index (χ0) is 18.9. The Morgan fingerprint density at radius 1 is 1.22 bits per heavy atom. The van der Waals surface area contributed by atoms with Crippen molar-refractivity contribution in [1.82, 2.24) is 9.55 Å². The lowest BCUT2D eigenvalue weighted by Gasteiger charge is -2.24. The molecule has 2 aromatic rings. The number of nitrogens with zero attached hydrogens (tertiary/aromatic N) is 2. The fraction of sp³-hybridized carbons (Fsp3) is 0.579. The molecule has 0 radical (unpaired) electrons. The molecule has 2 heterocycles. The molecule has 3 aliphatic rings. The van der Waals surface area contributed by atoms with Crippen molar-refractivity contribution in [2.75, 3.05) is 25.1 Å². The fourth-order valence-electron chi connectivity index (χ4n) is 5.02. The Hall–Kier alpha value is -2.35. The van der Waals surface area contributed by atoms with E-state index < -0.39 is 17.1 Å². The number of fused-ring (bicyclic) bond motifs is 2. The molecule has 1 aromatic carbocycles. The van der Waals surface area contributed by atoms with Crippen molar-refractivity contribution in [3.8, 4) is 5.75 Å². The number of aromatic nitrogens is 2. The molecule has 2 unspecified atom stereocenters. The first-order valence-electron chi connectivity index (χ1n) is 9.55. The van der Waals surface area contributed by atoms with E-state index in [-0.39, 0.29) is 28.9 Å². The molecule has 27 heavy (non-hydrogen) atoms. The minimum absolute atomic E-state index is 0.0236. The lowest BCUT2D eigenvalue weighted by molar-refractivity contribution is 0.413. The predicted molar refractivity (Wildman–Crippen MR) is 100 cm³/mol. The number of hydrogen-bond acceptors (Lipinski definition) is 5. The van der Waals surface area contributed by atoms with Crippen LogP contribution < -0.4 is 26.6 Å². The predicted octanol–water partition coefficient (Wildman–Crippen LogP) is 1.35. The van der Waals surface area contributed by atoms with Crippen LogP contribution in [0, 0.1) is 17.7 Å². The summed E-state index contributed by atoms with van der Waals surface area (Å²) in [5, 5.41) is 0.201. The van der Waals surface area contributed by atoms with Crippen LogP contribution in [0.5, 0.6) is 5.75 Å². The average Bonchev–Trinajstić information content (AvgIpc) is 3.28. The molecular weight excluding hydrogens is 351 g/mol. The summed E-state index contributed by atoms with van der Waals surface area (Å²) in [6.45, 7) is 1.31. The molecular formula is C19H23FN4O3. The zero-order valence-corrected chi connectivity index (χ0v) is 15.2. The number of nitrogens with two attached hydrogens (primary N) is 1. The van der Waals surface area contributed by atoms with Crippen LogP contribution in [0.1, 0.15) is 31.7 Å². The van der Waals surface area contributed by atoms with E-state index in [1.54, 1.807) is 4.57 Å². The van der Waals surface area contributed by atoms with Crippen molar-refractivity contribution in [2.24, 2.45) is 17.6 Å². The van der Waals surface area contributed by atoms with Gasteiger partial charge in [0.15, 0.2) is 5.82 Å². The summed E-state index contributed by atoms with van der Waals surface area (Å²) in [4.78, 5) is 29.5. The summed E-state index contributed by atoms with van der Waals surface area (Å²) in [7, 11) is 1.43. The van der Waals surface area contributed by atoms with E-state index in [9.17, 15) is 9.59 Å². The Labute approximate surface area is 154 Å². The number of benzene rings is 1. The summed E-state index contributed by atoms with van der Waals surface area (Å²) in [5.41, 5.74) is 5.85. The molecule has 0 amide bonds. The summed E-state index contributed by atoms with van der Waals surface area (Å²) in [5.74, 6) is 0.455. The van der Waals surface area contributed by atoms with Crippen LogP contribution in [-0.4, -0.2) is 35.8 Å². The van der Waals surface area contributed by atoms with E-state index in [0.29, 0.717) is 30.4 Å². The highest BCUT2D eigenvalue weighted by Gasteiger charge is 2.42. The van der Waals surface area contributed by atoms with Gasteiger partial charge in [-0.1, -0.05) is 0 Å². The number of ether oxygens (including phenoxy) is 1. The molecule has 144 valence electrons. The van der Waals surface area contributed by atoms with Gasteiger partial charge in [-0.25, -0.2) is 9.18 Å². The van der Waals surface area contributed by atoms with Crippen molar-refractivity contribution in [2.45, 2.75) is 37.8 Å². The maximum absolute atomic E-state index is 15.1. The van der Waals surface area contributed by atoms with Crippen molar-refractivity contribution in [3.05, 3.63) is 32.7 Å². The second-order valence-electron chi connectivity index (χ2n) is 8.06. The Bertz CT molecular complexity index is 1040. The van der Waals surface area contributed by atoms with Crippen LogP contribution in [0.15, 0.2) is 15.7 Å². The number of anilines is 1. The first-order chi connectivity index (χ1) is 13.0. The van der Waals surface area contributed by atoms with Gasteiger partial charge in [0.05, 0.1) is 18.2 Å². The summed E-state index contributed by atoms with van der Waals surface area (Å²) < 4.78 is 22.0. The molecule has 3 N–H and O–H groups in total. The van der Waals surface area contributed by atoms with Crippen molar-refractivity contribution < 1.29 is 9.13 Å². The minimum atomic E-state index is -0.568. The summed E-state index contributed by atoms with van der Waals surface area (Å²) >= 11 is 0. The topological polar surface area (TPSA) is 93.3 Å². The van der Waals surface area contributed by atoms with Gasteiger partial charge in [0.25, 0.3) is 5.56 Å². The minimum Gasteiger partial charge on any atom is -0.494 e. The van der Waals surface area contributed by atoms with Crippen LogP contribution in [-0.2, 0) is 0 Å². The van der Waals surface area contributed by atoms with Gasteiger partial charge in [0.2, 0.25) is 0 Å². The quantitative estimate of drug-likeness (QED) is 0.846. The second-order valence-corrected chi connectivity index (χ2v) is 8.06. The van der Waals surface area contributed by atoms with E-state index in [4.69, 9.17) is 10.5 Å². The van der Waals surface area contributed by atoms with Gasteiger partial charge >= 0.3 is 5.69 Å². The standard InChI is InChI=1S/C19H23FN4O3/c1-27-14-6-12(20)16(23-7-9-2-5-13(21)11(9)8-23)15-17(14)24(10-3-4-10)19(26)22-18(15)25/h6,9-11,13H,2-5,7-8,21H2,1H3,(H,22,25,26)/t9-,11?,13?/m0/s1. The van der Waals surface area contributed by atoms with Gasteiger partial charge in [-0.05, 0) is 37.5 Å². The molecule has 8 heteroatoms. The Morgan fingerprint density at radius 2 is 2.00 bits per heavy atom. The van der Waals surface area contributed by atoms with Gasteiger partial charge in [-0.2, -0.15) is 0 Å². The van der Waals surface area contributed by atoms with Gasteiger partial charge in [-0.3, -0.25) is 14.3 Å². The molecule has 1 aromatic heterocycles. The SMILES string of the molecule is COc1cc(F)c(N2CC3C(N)CC[C@H]3C2)c2c(=O)[nH]c(=O)n(C3CC3)c12. The zero-order valence-electron chi connectivity index (χ0n) is 15.2. The maximum Gasteiger partial charge on any atom is 0.329 e. The van der Waals surface area contributed by atoms with Crippen LogP contribution in [0.2, 0.25) is 0 Å². The van der Waals surface area contributed by atoms with Crippen molar-refractivity contribution >= 4 is 16.6 Å². The number of aromatic amines is 1. The summed E-state index contributed by atoms with van der Waals surface area (Å²) in [6.07, 6.45) is 3.75. The molecule has 3 fully saturated rings. The van der Waals surface area contributed by atoms with Crippen LogP contribution in [0.25, 0.3) is 10.9 Å². The number of hydrogen-bond donors (Lipinski definition) is 2.